The van der Waals surface area contributed by atoms with Gasteiger partial charge in [-0.05, 0) is 12.5 Å². The third-order valence-electron chi connectivity index (χ3n) is 2.48. The number of cyclic esters (lactones) is 1. The van der Waals surface area contributed by atoms with Crippen molar-refractivity contribution < 1.29 is 9.53 Å². The monoisotopic (exact) mass is 222 g/mol. The molecular formula is C12H11ClO2. The number of rotatable bonds is 1. The Morgan fingerprint density at radius 3 is 2.60 bits per heavy atom. The first-order chi connectivity index (χ1) is 7.18. The fourth-order valence-corrected chi connectivity index (χ4v) is 1.77. The molecule has 0 aliphatic carbocycles. The van der Waals surface area contributed by atoms with Crippen molar-refractivity contribution in [1.82, 2.24) is 0 Å². The van der Waals surface area contributed by atoms with Crippen molar-refractivity contribution in [2.24, 2.45) is 0 Å². The van der Waals surface area contributed by atoms with Crippen molar-refractivity contribution in [3.63, 3.8) is 0 Å². The second-order valence-electron chi connectivity index (χ2n) is 3.55. The van der Waals surface area contributed by atoms with Crippen LogP contribution in [-0.2, 0) is 9.53 Å². The number of benzene rings is 1. The second-order valence-corrected chi connectivity index (χ2v) is 4.11. The first kappa shape index (κ1) is 10.2. The van der Waals surface area contributed by atoms with Crippen LogP contribution in [0.3, 0.4) is 0 Å². The van der Waals surface area contributed by atoms with E-state index >= 15 is 0 Å². The van der Waals surface area contributed by atoms with E-state index < -0.39 is 0 Å². The molecule has 0 spiro atoms. The van der Waals surface area contributed by atoms with Crippen molar-refractivity contribution in [1.29, 1.82) is 0 Å². The van der Waals surface area contributed by atoms with Crippen molar-refractivity contribution in [2.75, 3.05) is 0 Å². The summed E-state index contributed by atoms with van der Waals surface area (Å²) in [6.45, 7) is 1.73. The highest BCUT2D eigenvalue weighted by Gasteiger charge is 2.32. The zero-order valence-corrected chi connectivity index (χ0v) is 9.12. The van der Waals surface area contributed by atoms with Crippen LogP contribution in [0.1, 0.15) is 24.8 Å². The predicted octanol–water partition coefficient (Wildman–Crippen LogP) is 3.19. The van der Waals surface area contributed by atoms with Gasteiger partial charge in [-0.1, -0.05) is 41.9 Å². The molecule has 1 aliphatic heterocycles. The minimum atomic E-state index is -0.212. The molecule has 1 unspecified atom stereocenters. The quantitative estimate of drug-likeness (QED) is 0.683. The first-order valence-electron chi connectivity index (χ1n) is 4.80. The molecule has 78 valence electrons. The van der Waals surface area contributed by atoms with E-state index in [0.717, 1.165) is 5.56 Å². The first-order valence-corrected chi connectivity index (χ1v) is 5.18. The number of ether oxygens (including phenoxy) is 1. The van der Waals surface area contributed by atoms with E-state index in [1.807, 2.05) is 30.3 Å². The van der Waals surface area contributed by atoms with Crippen LogP contribution in [0.25, 0.3) is 0 Å². The molecule has 3 heteroatoms. The number of halogens is 1. The van der Waals surface area contributed by atoms with Gasteiger partial charge in [0.15, 0.2) is 0 Å². The van der Waals surface area contributed by atoms with Gasteiger partial charge in [0.25, 0.3) is 0 Å². The molecule has 0 saturated carbocycles. The SMILES string of the molecule is C/C(Cl)=C1/CC(c2ccccc2)C(=O)O1. The summed E-state index contributed by atoms with van der Waals surface area (Å²) in [5, 5.41) is 0.557. The lowest BCUT2D eigenvalue weighted by molar-refractivity contribution is -0.136. The Balaban J connectivity index is 2.27. The Labute approximate surface area is 93.5 Å². The van der Waals surface area contributed by atoms with E-state index in [0.29, 0.717) is 17.2 Å². The highest BCUT2D eigenvalue weighted by atomic mass is 35.5. The molecule has 0 N–H and O–H groups in total. The number of carbonyl (C=O) groups excluding carboxylic acids is 1. The molecule has 0 bridgehead atoms. The number of allylic oxidation sites excluding steroid dienone is 2. The Bertz CT molecular complexity index is 405. The third kappa shape index (κ3) is 2.05. The molecule has 2 nitrogen and oxygen atoms in total. The van der Waals surface area contributed by atoms with E-state index in [-0.39, 0.29) is 11.9 Å². The van der Waals surface area contributed by atoms with Crippen LogP contribution in [-0.4, -0.2) is 5.97 Å². The zero-order valence-electron chi connectivity index (χ0n) is 8.37. The van der Waals surface area contributed by atoms with Crippen molar-refractivity contribution in [3.8, 4) is 0 Å². The lowest BCUT2D eigenvalue weighted by atomic mass is 9.97. The fourth-order valence-electron chi connectivity index (χ4n) is 1.65. The molecule has 1 fully saturated rings. The van der Waals surface area contributed by atoms with Crippen molar-refractivity contribution >= 4 is 17.6 Å². The highest BCUT2D eigenvalue weighted by Crippen LogP contribution is 2.34. The van der Waals surface area contributed by atoms with Gasteiger partial charge in [0, 0.05) is 6.42 Å². The van der Waals surface area contributed by atoms with Crippen LogP contribution in [0, 0.1) is 0 Å². The Hall–Kier alpha value is -1.28. The molecule has 1 saturated heterocycles. The molecule has 1 heterocycles. The van der Waals surface area contributed by atoms with Gasteiger partial charge in [-0.3, -0.25) is 4.79 Å². The van der Waals surface area contributed by atoms with Gasteiger partial charge in [-0.15, -0.1) is 0 Å². The third-order valence-corrected chi connectivity index (χ3v) is 2.69. The standard InChI is InChI=1S/C12H11ClO2/c1-8(13)11-7-10(12(14)15-11)9-5-3-2-4-6-9/h2-6,10H,7H2,1H3/b11-8+. The summed E-state index contributed by atoms with van der Waals surface area (Å²) in [5.74, 6) is 0.182. The average molecular weight is 223 g/mol. The van der Waals surface area contributed by atoms with Gasteiger partial charge in [0.05, 0.1) is 11.0 Å². The topological polar surface area (TPSA) is 26.3 Å². The normalized spacial score (nSPS) is 23.9. The molecule has 0 amide bonds. The average Bonchev–Trinajstić information content (AvgIpc) is 2.62. The van der Waals surface area contributed by atoms with Crippen LogP contribution in [0.2, 0.25) is 0 Å². The molecule has 0 radical (unpaired) electrons. The summed E-state index contributed by atoms with van der Waals surface area (Å²) in [4.78, 5) is 11.6. The molecule has 1 aromatic carbocycles. The minimum absolute atomic E-state index is 0.199. The maximum atomic E-state index is 11.6. The maximum Gasteiger partial charge on any atom is 0.318 e. The zero-order chi connectivity index (χ0) is 10.8. The summed E-state index contributed by atoms with van der Waals surface area (Å²) in [7, 11) is 0. The van der Waals surface area contributed by atoms with Crippen molar-refractivity contribution in [2.45, 2.75) is 19.3 Å². The minimum Gasteiger partial charge on any atom is -0.429 e. The van der Waals surface area contributed by atoms with Crippen LogP contribution >= 0.6 is 11.6 Å². The summed E-state index contributed by atoms with van der Waals surface area (Å²) in [5.41, 5.74) is 0.982. The van der Waals surface area contributed by atoms with E-state index in [1.165, 1.54) is 0 Å². The molecule has 1 aromatic rings. The molecule has 15 heavy (non-hydrogen) atoms. The van der Waals surface area contributed by atoms with E-state index in [1.54, 1.807) is 6.92 Å². The molecule has 1 aliphatic rings. The molecular weight excluding hydrogens is 212 g/mol. The van der Waals surface area contributed by atoms with Gasteiger partial charge in [-0.25, -0.2) is 0 Å². The van der Waals surface area contributed by atoms with E-state index in [9.17, 15) is 4.79 Å². The number of hydrogen-bond acceptors (Lipinski definition) is 2. The summed E-state index contributed by atoms with van der Waals surface area (Å²) in [6.07, 6.45) is 0.568. The Morgan fingerprint density at radius 2 is 2.07 bits per heavy atom. The smallest absolute Gasteiger partial charge is 0.318 e. The van der Waals surface area contributed by atoms with Crippen LogP contribution in [0.5, 0.6) is 0 Å². The van der Waals surface area contributed by atoms with Gasteiger partial charge in [0.2, 0.25) is 0 Å². The number of esters is 1. The number of hydrogen-bond donors (Lipinski definition) is 0. The van der Waals surface area contributed by atoms with Gasteiger partial charge in [0.1, 0.15) is 5.76 Å². The van der Waals surface area contributed by atoms with Crippen LogP contribution < -0.4 is 0 Å². The van der Waals surface area contributed by atoms with Gasteiger partial charge in [-0.2, -0.15) is 0 Å². The predicted molar refractivity (Wildman–Crippen MR) is 58.4 cm³/mol. The fraction of sp³-hybridized carbons (Fsp3) is 0.250. The van der Waals surface area contributed by atoms with Gasteiger partial charge < -0.3 is 4.74 Å². The van der Waals surface area contributed by atoms with E-state index in [4.69, 9.17) is 16.3 Å². The molecule has 2 rings (SSSR count). The maximum absolute atomic E-state index is 11.6. The van der Waals surface area contributed by atoms with E-state index in [2.05, 4.69) is 0 Å². The van der Waals surface area contributed by atoms with Crippen molar-refractivity contribution in [3.05, 3.63) is 46.7 Å². The molecule has 1 atom stereocenters. The Kier molecular flexibility index (Phi) is 2.78. The molecule has 0 aromatic heterocycles. The largest absolute Gasteiger partial charge is 0.429 e. The lowest BCUT2D eigenvalue weighted by Gasteiger charge is -2.03. The van der Waals surface area contributed by atoms with Crippen LogP contribution in [0.15, 0.2) is 41.1 Å². The Morgan fingerprint density at radius 1 is 1.40 bits per heavy atom. The second kappa shape index (κ2) is 4.07. The summed E-state index contributed by atoms with van der Waals surface area (Å²) < 4.78 is 5.10. The summed E-state index contributed by atoms with van der Waals surface area (Å²) in [6, 6.07) is 9.61. The van der Waals surface area contributed by atoms with Gasteiger partial charge >= 0.3 is 5.97 Å². The number of carbonyl (C=O) groups is 1. The summed E-state index contributed by atoms with van der Waals surface area (Å²) >= 11 is 5.80. The lowest BCUT2D eigenvalue weighted by Crippen LogP contribution is -2.04. The van der Waals surface area contributed by atoms with Crippen LogP contribution in [0.4, 0.5) is 0 Å². The highest BCUT2D eigenvalue weighted by molar-refractivity contribution is 6.29.